The van der Waals surface area contributed by atoms with Crippen molar-refractivity contribution in [3.63, 3.8) is 0 Å². The summed E-state index contributed by atoms with van der Waals surface area (Å²) < 4.78 is 25.4. The van der Waals surface area contributed by atoms with E-state index in [-0.39, 0.29) is 12.5 Å². The number of carbonyl (C=O) groups is 1. The van der Waals surface area contributed by atoms with Crippen molar-refractivity contribution in [2.75, 3.05) is 23.7 Å². The van der Waals surface area contributed by atoms with E-state index in [1.54, 1.807) is 12.1 Å². The first-order valence-electron chi connectivity index (χ1n) is 9.14. The highest BCUT2D eigenvalue weighted by molar-refractivity contribution is 7.92. The number of rotatable bonds is 9. The Labute approximate surface area is 162 Å². The van der Waals surface area contributed by atoms with Crippen LogP contribution in [0.25, 0.3) is 0 Å². The summed E-state index contributed by atoms with van der Waals surface area (Å²) in [4.78, 5) is 12.4. The van der Waals surface area contributed by atoms with Gasteiger partial charge < -0.3 is 5.32 Å². The van der Waals surface area contributed by atoms with Crippen molar-refractivity contribution >= 4 is 21.6 Å². The Kier molecular flexibility index (Phi) is 7.42. The fraction of sp³-hybridized carbons (Fsp3) is 0.381. The number of benzene rings is 2. The molecule has 1 unspecified atom stereocenters. The summed E-state index contributed by atoms with van der Waals surface area (Å²) in [6.07, 6.45) is 2.93. The van der Waals surface area contributed by atoms with E-state index in [9.17, 15) is 13.2 Å². The van der Waals surface area contributed by atoms with E-state index >= 15 is 0 Å². The first kappa shape index (κ1) is 21.0. The van der Waals surface area contributed by atoms with Crippen molar-refractivity contribution in [3.05, 3.63) is 65.7 Å². The fourth-order valence-corrected chi connectivity index (χ4v) is 3.72. The van der Waals surface area contributed by atoms with Crippen LogP contribution in [0.2, 0.25) is 0 Å². The molecule has 0 radical (unpaired) electrons. The van der Waals surface area contributed by atoms with Gasteiger partial charge >= 0.3 is 0 Å². The van der Waals surface area contributed by atoms with Gasteiger partial charge in [0.15, 0.2) is 0 Å². The minimum absolute atomic E-state index is 0.219. The lowest BCUT2D eigenvalue weighted by atomic mass is 9.97. The number of anilines is 1. The molecular formula is C21H28N2O3S. The molecule has 1 atom stereocenters. The Bertz CT molecular complexity index is 833. The van der Waals surface area contributed by atoms with Gasteiger partial charge in [-0.05, 0) is 37.0 Å². The second-order valence-electron chi connectivity index (χ2n) is 6.87. The quantitative estimate of drug-likeness (QED) is 0.718. The summed E-state index contributed by atoms with van der Waals surface area (Å²) in [6.45, 7) is 4.33. The van der Waals surface area contributed by atoms with E-state index in [0.29, 0.717) is 18.2 Å². The van der Waals surface area contributed by atoms with Crippen LogP contribution in [0, 0.1) is 12.8 Å². The van der Waals surface area contributed by atoms with Crippen LogP contribution in [0.5, 0.6) is 0 Å². The number of sulfonamides is 1. The lowest BCUT2D eigenvalue weighted by Crippen LogP contribution is -2.41. The van der Waals surface area contributed by atoms with Gasteiger partial charge in [0.25, 0.3) is 0 Å². The summed E-state index contributed by atoms with van der Waals surface area (Å²) in [6, 6.07) is 17.2. The van der Waals surface area contributed by atoms with Gasteiger partial charge in [0.1, 0.15) is 6.54 Å². The molecule has 2 aromatic carbocycles. The van der Waals surface area contributed by atoms with Gasteiger partial charge in [0.05, 0.1) is 11.9 Å². The second kappa shape index (κ2) is 9.55. The molecule has 1 amide bonds. The standard InChI is InChI=1S/C21H28N2O3S/c1-4-18(14-19-8-6-5-7-9-19)15-22-21(24)16-23(27(3,25)26)20-12-10-17(2)11-13-20/h5-13,18H,4,14-16H2,1-3H3,(H,22,24). The van der Waals surface area contributed by atoms with Crippen molar-refractivity contribution in [1.82, 2.24) is 5.32 Å². The van der Waals surface area contributed by atoms with Crippen LogP contribution in [0.1, 0.15) is 24.5 Å². The summed E-state index contributed by atoms with van der Waals surface area (Å²) in [5, 5.41) is 2.89. The third kappa shape index (κ3) is 6.71. The van der Waals surface area contributed by atoms with Crippen LogP contribution in [0.15, 0.2) is 54.6 Å². The molecule has 1 N–H and O–H groups in total. The van der Waals surface area contributed by atoms with Crippen molar-refractivity contribution in [2.24, 2.45) is 5.92 Å². The molecule has 0 fully saturated rings. The number of nitrogens with one attached hydrogen (secondary N) is 1. The molecule has 0 aromatic heterocycles. The zero-order chi connectivity index (χ0) is 19.9. The molecule has 0 saturated carbocycles. The maximum atomic E-state index is 12.4. The molecule has 0 heterocycles. The SMILES string of the molecule is CCC(CNC(=O)CN(c1ccc(C)cc1)S(C)(=O)=O)Cc1ccccc1. The van der Waals surface area contributed by atoms with Crippen LogP contribution in [-0.2, 0) is 21.2 Å². The van der Waals surface area contributed by atoms with E-state index in [4.69, 9.17) is 0 Å². The zero-order valence-corrected chi connectivity index (χ0v) is 17.0. The molecule has 0 bridgehead atoms. The summed E-state index contributed by atoms with van der Waals surface area (Å²) >= 11 is 0. The van der Waals surface area contributed by atoms with Crippen LogP contribution in [-0.4, -0.2) is 33.7 Å². The normalized spacial score (nSPS) is 12.4. The summed E-state index contributed by atoms with van der Waals surface area (Å²) in [5.74, 6) is 0.00919. The lowest BCUT2D eigenvalue weighted by molar-refractivity contribution is -0.119. The van der Waals surface area contributed by atoms with Gasteiger partial charge in [-0.1, -0.05) is 61.4 Å². The Morgan fingerprint density at radius 1 is 1.07 bits per heavy atom. The number of hydrogen-bond acceptors (Lipinski definition) is 3. The van der Waals surface area contributed by atoms with Crippen LogP contribution in [0.3, 0.4) is 0 Å². The van der Waals surface area contributed by atoms with Crippen molar-refractivity contribution < 1.29 is 13.2 Å². The Morgan fingerprint density at radius 2 is 1.70 bits per heavy atom. The highest BCUT2D eigenvalue weighted by Crippen LogP contribution is 2.18. The topological polar surface area (TPSA) is 66.5 Å². The number of aryl methyl sites for hydroxylation is 1. The molecule has 5 nitrogen and oxygen atoms in total. The van der Waals surface area contributed by atoms with Crippen LogP contribution < -0.4 is 9.62 Å². The molecule has 0 aliphatic heterocycles. The Balaban J connectivity index is 1.97. The van der Waals surface area contributed by atoms with Gasteiger partial charge in [0, 0.05) is 6.54 Å². The highest BCUT2D eigenvalue weighted by atomic mass is 32.2. The maximum Gasteiger partial charge on any atom is 0.240 e. The molecule has 0 aliphatic carbocycles. The Hall–Kier alpha value is -2.34. The lowest BCUT2D eigenvalue weighted by Gasteiger charge is -2.23. The van der Waals surface area contributed by atoms with E-state index in [2.05, 4.69) is 24.4 Å². The van der Waals surface area contributed by atoms with Crippen LogP contribution in [0.4, 0.5) is 5.69 Å². The summed E-state index contributed by atoms with van der Waals surface area (Å²) in [5.41, 5.74) is 2.76. The maximum absolute atomic E-state index is 12.4. The van der Waals surface area contributed by atoms with Crippen molar-refractivity contribution in [1.29, 1.82) is 0 Å². The molecule has 6 heteroatoms. The highest BCUT2D eigenvalue weighted by Gasteiger charge is 2.21. The van der Waals surface area contributed by atoms with Crippen molar-refractivity contribution in [3.8, 4) is 0 Å². The largest absolute Gasteiger partial charge is 0.354 e. The molecule has 146 valence electrons. The first-order chi connectivity index (χ1) is 12.8. The minimum Gasteiger partial charge on any atom is -0.354 e. The van der Waals surface area contributed by atoms with Crippen molar-refractivity contribution in [2.45, 2.75) is 26.7 Å². The van der Waals surface area contributed by atoms with Gasteiger partial charge in [0.2, 0.25) is 15.9 Å². The molecule has 0 saturated heterocycles. The summed E-state index contributed by atoms with van der Waals surface area (Å²) in [7, 11) is -3.55. The number of amides is 1. The van der Waals surface area contributed by atoms with Gasteiger partial charge in [-0.3, -0.25) is 9.10 Å². The monoisotopic (exact) mass is 388 g/mol. The fourth-order valence-electron chi connectivity index (χ4n) is 2.86. The predicted octanol–water partition coefficient (Wildman–Crippen LogP) is 3.15. The van der Waals surface area contributed by atoms with E-state index in [1.807, 2.05) is 37.3 Å². The van der Waals surface area contributed by atoms with E-state index in [0.717, 1.165) is 29.0 Å². The smallest absolute Gasteiger partial charge is 0.240 e. The molecule has 27 heavy (non-hydrogen) atoms. The van der Waals surface area contributed by atoms with Gasteiger partial charge in [-0.15, -0.1) is 0 Å². The van der Waals surface area contributed by atoms with Gasteiger partial charge in [-0.25, -0.2) is 8.42 Å². The third-order valence-electron chi connectivity index (χ3n) is 4.54. The number of hydrogen-bond donors (Lipinski definition) is 1. The first-order valence-corrected chi connectivity index (χ1v) is 11.0. The number of carbonyl (C=O) groups excluding carboxylic acids is 1. The predicted molar refractivity (Wildman–Crippen MR) is 110 cm³/mol. The zero-order valence-electron chi connectivity index (χ0n) is 16.2. The van der Waals surface area contributed by atoms with E-state index in [1.165, 1.54) is 5.56 Å². The number of nitrogens with zero attached hydrogens (tertiary/aromatic N) is 1. The van der Waals surface area contributed by atoms with Crippen LogP contribution >= 0.6 is 0 Å². The average molecular weight is 389 g/mol. The van der Waals surface area contributed by atoms with E-state index < -0.39 is 10.0 Å². The molecule has 2 aromatic rings. The Morgan fingerprint density at radius 3 is 2.26 bits per heavy atom. The van der Waals surface area contributed by atoms with Gasteiger partial charge in [-0.2, -0.15) is 0 Å². The molecule has 2 rings (SSSR count). The second-order valence-corrected chi connectivity index (χ2v) is 8.78. The third-order valence-corrected chi connectivity index (χ3v) is 5.68. The average Bonchev–Trinajstić information content (AvgIpc) is 2.64. The molecule has 0 aliphatic rings. The molecular weight excluding hydrogens is 360 g/mol. The minimum atomic E-state index is -3.55. The molecule has 0 spiro atoms.